The zero-order valence-corrected chi connectivity index (χ0v) is 17.7. The van der Waals surface area contributed by atoms with Gasteiger partial charge in [-0.2, -0.15) is 5.26 Å². The third-order valence-electron chi connectivity index (χ3n) is 5.84. The summed E-state index contributed by atoms with van der Waals surface area (Å²) in [7, 11) is 1.66. The van der Waals surface area contributed by atoms with E-state index in [2.05, 4.69) is 11.0 Å². The number of aromatic nitrogens is 1. The monoisotopic (exact) mass is 430 g/mol. The lowest BCUT2D eigenvalue weighted by molar-refractivity contribution is 0.0738. The first-order valence-electron chi connectivity index (χ1n) is 10.4. The van der Waals surface area contributed by atoms with E-state index in [1.807, 2.05) is 42.5 Å². The Labute approximate surface area is 185 Å². The number of methoxy groups -OCH3 is 1. The molecule has 5 rings (SSSR count). The maximum atomic E-state index is 13.5. The number of para-hydroxylation sites is 2. The molecule has 0 unspecified atom stereocenters. The average Bonchev–Trinajstić information content (AvgIpc) is 3.50. The molecular weight excluding hydrogens is 408 g/mol. The number of fused-ring (bicyclic) bond motifs is 1. The summed E-state index contributed by atoms with van der Waals surface area (Å²) >= 11 is 0. The fraction of sp³-hybridized carbons (Fsp3) is 0.250. The highest BCUT2D eigenvalue weighted by Gasteiger charge is 2.28. The smallest absolute Gasteiger partial charge is 0.272 e. The predicted molar refractivity (Wildman–Crippen MR) is 118 cm³/mol. The second kappa shape index (κ2) is 8.19. The van der Waals surface area contributed by atoms with Crippen LogP contribution in [0.25, 0.3) is 5.69 Å². The number of anilines is 1. The van der Waals surface area contributed by atoms with E-state index in [1.54, 1.807) is 28.8 Å². The van der Waals surface area contributed by atoms with E-state index < -0.39 is 0 Å². The average molecular weight is 430 g/mol. The van der Waals surface area contributed by atoms with Crippen molar-refractivity contribution in [3.05, 3.63) is 66.0 Å². The van der Waals surface area contributed by atoms with Crippen LogP contribution in [0, 0.1) is 11.3 Å². The van der Waals surface area contributed by atoms with E-state index in [-0.39, 0.29) is 12.7 Å². The summed E-state index contributed by atoms with van der Waals surface area (Å²) in [4.78, 5) is 17.5. The number of nitrogens with zero attached hydrogens (tertiary/aromatic N) is 4. The second-order valence-electron chi connectivity index (χ2n) is 7.55. The molecule has 1 aromatic heterocycles. The number of hydrogen-bond acceptors (Lipinski definition) is 6. The highest BCUT2D eigenvalue weighted by molar-refractivity contribution is 5.96. The first-order chi connectivity index (χ1) is 15.7. The molecule has 3 aromatic rings. The SMILES string of the molecule is COc1ccccc1N1CCN(C(=O)c2c(C#N)ccn2-c2ccc3c(c2)OCO3)CC1. The van der Waals surface area contributed by atoms with Crippen molar-refractivity contribution in [2.24, 2.45) is 0 Å². The van der Waals surface area contributed by atoms with Gasteiger partial charge in [-0.15, -0.1) is 0 Å². The standard InChI is InChI=1S/C24H22N4O4/c1-30-20-5-3-2-4-19(20)26-10-12-27(13-11-26)24(29)23-17(15-25)8-9-28(23)18-6-7-21-22(14-18)32-16-31-21/h2-9,14H,10-13,16H2,1H3. The Balaban J connectivity index is 1.39. The van der Waals surface area contributed by atoms with Crippen molar-refractivity contribution >= 4 is 11.6 Å². The summed E-state index contributed by atoms with van der Waals surface area (Å²) in [6, 6.07) is 17.2. The lowest BCUT2D eigenvalue weighted by atomic mass is 10.2. The molecule has 8 heteroatoms. The van der Waals surface area contributed by atoms with Crippen LogP contribution >= 0.6 is 0 Å². The lowest BCUT2D eigenvalue weighted by Gasteiger charge is -2.36. The number of piperazine rings is 1. The van der Waals surface area contributed by atoms with Gasteiger partial charge in [0.05, 0.1) is 18.4 Å². The predicted octanol–water partition coefficient (Wildman–Crippen LogP) is 3.05. The van der Waals surface area contributed by atoms with Gasteiger partial charge < -0.3 is 28.6 Å². The molecule has 0 radical (unpaired) electrons. The van der Waals surface area contributed by atoms with Crippen LogP contribution in [0.2, 0.25) is 0 Å². The quantitative estimate of drug-likeness (QED) is 0.633. The molecule has 1 saturated heterocycles. The Morgan fingerprint density at radius 1 is 1.03 bits per heavy atom. The van der Waals surface area contributed by atoms with Gasteiger partial charge in [0.15, 0.2) is 11.5 Å². The van der Waals surface area contributed by atoms with E-state index >= 15 is 0 Å². The van der Waals surface area contributed by atoms with Gasteiger partial charge in [-0.1, -0.05) is 12.1 Å². The van der Waals surface area contributed by atoms with E-state index in [0.717, 1.165) is 17.1 Å². The van der Waals surface area contributed by atoms with Crippen molar-refractivity contribution in [2.75, 3.05) is 45.0 Å². The molecule has 0 N–H and O–H groups in total. The zero-order chi connectivity index (χ0) is 22.1. The molecule has 0 atom stereocenters. The highest BCUT2D eigenvalue weighted by atomic mass is 16.7. The number of ether oxygens (including phenoxy) is 3. The van der Waals surface area contributed by atoms with Crippen LogP contribution in [0.1, 0.15) is 16.1 Å². The summed E-state index contributed by atoms with van der Waals surface area (Å²) in [5.41, 5.74) is 2.47. The number of carbonyl (C=O) groups is 1. The highest BCUT2D eigenvalue weighted by Crippen LogP contribution is 2.34. The third-order valence-corrected chi connectivity index (χ3v) is 5.84. The number of hydrogen-bond donors (Lipinski definition) is 0. The summed E-state index contributed by atoms with van der Waals surface area (Å²) < 4.78 is 18.1. The fourth-order valence-corrected chi connectivity index (χ4v) is 4.18. The molecule has 0 bridgehead atoms. The summed E-state index contributed by atoms with van der Waals surface area (Å²) in [6.07, 6.45) is 1.74. The molecule has 3 heterocycles. The van der Waals surface area contributed by atoms with Crippen molar-refractivity contribution in [1.29, 1.82) is 5.26 Å². The van der Waals surface area contributed by atoms with Gasteiger partial charge in [-0.25, -0.2) is 0 Å². The van der Waals surface area contributed by atoms with Crippen LogP contribution < -0.4 is 19.1 Å². The van der Waals surface area contributed by atoms with Gasteiger partial charge in [-0.05, 0) is 30.3 Å². The molecule has 32 heavy (non-hydrogen) atoms. The van der Waals surface area contributed by atoms with Gasteiger partial charge in [0.25, 0.3) is 5.91 Å². The van der Waals surface area contributed by atoms with Crippen LogP contribution in [-0.2, 0) is 0 Å². The number of nitriles is 1. The maximum Gasteiger partial charge on any atom is 0.272 e. The molecule has 1 fully saturated rings. The number of amides is 1. The van der Waals surface area contributed by atoms with Crippen molar-refractivity contribution in [3.63, 3.8) is 0 Å². The van der Waals surface area contributed by atoms with Crippen molar-refractivity contribution in [3.8, 4) is 29.0 Å². The van der Waals surface area contributed by atoms with Gasteiger partial charge in [0.2, 0.25) is 6.79 Å². The van der Waals surface area contributed by atoms with Crippen LogP contribution in [-0.4, -0.2) is 55.5 Å². The van der Waals surface area contributed by atoms with Gasteiger partial charge in [0, 0.05) is 44.1 Å². The van der Waals surface area contributed by atoms with Gasteiger partial charge in [0.1, 0.15) is 17.5 Å². The molecule has 0 aliphatic carbocycles. The fourth-order valence-electron chi connectivity index (χ4n) is 4.18. The van der Waals surface area contributed by atoms with Crippen LogP contribution in [0.4, 0.5) is 5.69 Å². The zero-order valence-electron chi connectivity index (χ0n) is 17.7. The molecule has 2 aliphatic heterocycles. The van der Waals surface area contributed by atoms with Gasteiger partial charge in [-0.3, -0.25) is 4.79 Å². The number of rotatable bonds is 4. The van der Waals surface area contributed by atoms with Crippen molar-refractivity contribution < 1.29 is 19.0 Å². The minimum absolute atomic E-state index is 0.163. The van der Waals surface area contributed by atoms with E-state index in [9.17, 15) is 10.1 Å². The third kappa shape index (κ3) is 3.38. The van der Waals surface area contributed by atoms with E-state index in [4.69, 9.17) is 14.2 Å². The molecule has 2 aliphatic rings. The Hall–Kier alpha value is -4.12. The van der Waals surface area contributed by atoms with Crippen molar-refractivity contribution in [1.82, 2.24) is 9.47 Å². The molecule has 8 nitrogen and oxygen atoms in total. The minimum atomic E-state index is -0.163. The van der Waals surface area contributed by atoms with Crippen molar-refractivity contribution in [2.45, 2.75) is 0 Å². The maximum absolute atomic E-state index is 13.5. The molecule has 0 saturated carbocycles. The molecule has 2 aromatic carbocycles. The Morgan fingerprint density at radius 2 is 1.81 bits per heavy atom. The first kappa shape index (κ1) is 19.8. The van der Waals surface area contributed by atoms with Crippen LogP contribution in [0.15, 0.2) is 54.7 Å². The minimum Gasteiger partial charge on any atom is -0.495 e. The Kier molecular flexibility index (Phi) is 5.07. The van der Waals surface area contributed by atoms with Crippen LogP contribution in [0.5, 0.6) is 17.2 Å². The van der Waals surface area contributed by atoms with E-state index in [0.29, 0.717) is 48.9 Å². The van der Waals surface area contributed by atoms with Crippen LogP contribution in [0.3, 0.4) is 0 Å². The Morgan fingerprint density at radius 3 is 2.59 bits per heavy atom. The van der Waals surface area contributed by atoms with E-state index in [1.165, 1.54) is 0 Å². The topological polar surface area (TPSA) is 80.0 Å². The summed E-state index contributed by atoms with van der Waals surface area (Å²) in [5, 5.41) is 9.63. The number of carbonyl (C=O) groups excluding carboxylic acids is 1. The molecular formula is C24H22N4O4. The lowest BCUT2D eigenvalue weighted by Crippen LogP contribution is -2.49. The van der Waals surface area contributed by atoms with Gasteiger partial charge >= 0.3 is 0 Å². The number of benzene rings is 2. The largest absolute Gasteiger partial charge is 0.495 e. The molecule has 1 amide bonds. The first-order valence-corrected chi connectivity index (χ1v) is 10.4. The molecule has 162 valence electrons. The summed E-state index contributed by atoms with van der Waals surface area (Å²) in [5.74, 6) is 1.94. The summed E-state index contributed by atoms with van der Waals surface area (Å²) in [6.45, 7) is 2.63. The molecule has 0 spiro atoms. The Bertz CT molecular complexity index is 1200. The second-order valence-corrected chi connectivity index (χ2v) is 7.55. The normalized spacial score (nSPS) is 14.9.